The Bertz CT molecular complexity index is 316. The van der Waals surface area contributed by atoms with Gasteiger partial charge in [0.25, 0.3) is 0 Å². The third-order valence-corrected chi connectivity index (χ3v) is 1.94. The lowest BCUT2D eigenvalue weighted by molar-refractivity contribution is -0.567. The molecule has 0 aromatic carbocycles. The monoisotopic (exact) mass is 252 g/mol. The second-order valence-corrected chi connectivity index (χ2v) is 3.48. The molecule has 0 N–H and O–H groups in total. The number of unbranched alkanes of at least 4 members (excludes halogenated alkanes) is 2. The van der Waals surface area contributed by atoms with Crippen LogP contribution in [0.5, 0.6) is 0 Å². The molecule has 0 atom stereocenters. The first-order chi connectivity index (χ1) is 7.86. The van der Waals surface area contributed by atoms with Crippen molar-refractivity contribution in [2.75, 3.05) is 0 Å². The van der Waals surface area contributed by atoms with Crippen LogP contribution in [0.4, 0.5) is 17.3 Å². The Hall–Kier alpha value is -1.27. The third kappa shape index (κ3) is 11.0. The molecule has 1 rings (SSSR count). The van der Waals surface area contributed by atoms with E-state index in [0.717, 1.165) is 6.54 Å². The summed E-state index contributed by atoms with van der Waals surface area (Å²) in [5.74, 6) is 0. The van der Waals surface area contributed by atoms with Crippen molar-refractivity contribution in [2.24, 2.45) is 0 Å². The standard InChI is InChI=1S/C10H17N2.BF4/c1-3-5-6-7-12-9-8-11(4-2)10-12;2-1(3,4)5/h4,8-10H,2-3,5-7H2,1H3;/q+1;-1. The molecular weight excluding hydrogens is 235 g/mol. The van der Waals surface area contributed by atoms with Crippen LogP contribution in [0.25, 0.3) is 6.20 Å². The van der Waals surface area contributed by atoms with Gasteiger partial charge in [-0.1, -0.05) is 19.9 Å². The van der Waals surface area contributed by atoms with Gasteiger partial charge in [0.15, 0.2) is 0 Å². The molecule has 0 bridgehead atoms. The first-order valence-electron chi connectivity index (χ1n) is 5.43. The predicted octanol–water partition coefficient (Wildman–Crippen LogP) is 3.37. The summed E-state index contributed by atoms with van der Waals surface area (Å²) in [7, 11) is -6.00. The summed E-state index contributed by atoms with van der Waals surface area (Å²) < 4.78 is 43.2. The summed E-state index contributed by atoms with van der Waals surface area (Å²) in [5, 5.41) is 0. The molecule has 1 heterocycles. The number of halogens is 4. The molecule has 1 aromatic heterocycles. The quantitative estimate of drug-likeness (QED) is 0.329. The van der Waals surface area contributed by atoms with Gasteiger partial charge in [-0.15, -0.1) is 0 Å². The van der Waals surface area contributed by atoms with Crippen molar-refractivity contribution in [3.63, 3.8) is 0 Å². The fourth-order valence-corrected chi connectivity index (χ4v) is 1.20. The van der Waals surface area contributed by atoms with Crippen LogP contribution in [0.1, 0.15) is 26.2 Å². The highest BCUT2D eigenvalue weighted by Crippen LogP contribution is 2.06. The van der Waals surface area contributed by atoms with Gasteiger partial charge in [0.05, 0.1) is 12.7 Å². The van der Waals surface area contributed by atoms with E-state index in [1.807, 2.05) is 10.8 Å². The van der Waals surface area contributed by atoms with Gasteiger partial charge < -0.3 is 17.3 Å². The summed E-state index contributed by atoms with van der Waals surface area (Å²) in [4.78, 5) is 0. The normalized spacial score (nSPS) is 10.6. The Morgan fingerprint density at radius 2 is 1.88 bits per heavy atom. The topological polar surface area (TPSA) is 8.81 Å². The number of aromatic nitrogens is 2. The zero-order valence-electron chi connectivity index (χ0n) is 9.83. The first kappa shape index (κ1) is 15.7. The number of hydrogen-bond donors (Lipinski definition) is 0. The van der Waals surface area contributed by atoms with Crippen LogP contribution in [0.2, 0.25) is 0 Å². The zero-order chi connectivity index (χ0) is 13.3. The fourth-order valence-electron chi connectivity index (χ4n) is 1.20. The van der Waals surface area contributed by atoms with E-state index in [2.05, 4.69) is 30.6 Å². The van der Waals surface area contributed by atoms with Crippen LogP contribution in [0.15, 0.2) is 25.3 Å². The number of rotatable bonds is 5. The molecule has 2 nitrogen and oxygen atoms in total. The maximum absolute atomic E-state index is 9.75. The zero-order valence-corrected chi connectivity index (χ0v) is 9.83. The predicted molar refractivity (Wildman–Crippen MR) is 60.7 cm³/mol. The van der Waals surface area contributed by atoms with E-state index in [1.165, 1.54) is 19.3 Å². The lowest BCUT2D eigenvalue weighted by atomic mass is 10.2. The average Bonchev–Trinajstić information content (AvgIpc) is 2.64. The van der Waals surface area contributed by atoms with E-state index in [4.69, 9.17) is 0 Å². The van der Waals surface area contributed by atoms with Gasteiger partial charge in [-0.3, -0.25) is 0 Å². The van der Waals surface area contributed by atoms with Crippen molar-refractivity contribution in [3.8, 4) is 0 Å². The summed E-state index contributed by atoms with van der Waals surface area (Å²) in [5.41, 5.74) is 0. The van der Waals surface area contributed by atoms with Gasteiger partial charge in [0, 0.05) is 0 Å². The maximum atomic E-state index is 9.75. The van der Waals surface area contributed by atoms with Crippen molar-refractivity contribution in [1.29, 1.82) is 0 Å². The number of nitrogens with zero attached hydrogens (tertiary/aromatic N) is 2. The largest absolute Gasteiger partial charge is 0.673 e. The molecule has 17 heavy (non-hydrogen) atoms. The highest BCUT2D eigenvalue weighted by atomic mass is 19.5. The van der Waals surface area contributed by atoms with Crippen molar-refractivity contribution in [1.82, 2.24) is 4.57 Å². The second-order valence-electron chi connectivity index (χ2n) is 3.48. The Morgan fingerprint density at radius 3 is 2.29 bits per heavy atom. The van der Waals surface area contributed by atoms with Crippen molar-refractivity contribution < 1.29 is 21.8 Å². The van der Waals surface area contributed by atoms with E-state index in [1.54, 1.807) is 6.20 Å². The van der Waals surface area contributed by atoms with Gasteiger partial charge in [0.1, 0.15) is 12.4 Å². The van der Waals surface area contributed by atoms with E-state index >= 15 is 0 Å². The van der Waals surface area contributed by atoms with Crippen molar-refractivity contribution in [3.05, 3.63) is 25.3 Å². The summed E-state index contributed by atoms with van der Waals surface area (Å²) >= 11 is 0. The van der Waals surface area contributed by atoms with Crippen LogP contribution in [-0.4, -0.2) is 11.8 Å². The van der Waals surface area contributed by atoms with Crippen LogP contribution >= 0.6 is 0 Å². The van der Waals surface area contributed by atoms with Gasteiger partial charge in [-0.05, 0) is 12.8 Å². The Balaban J connectivity index is 0.000000437. The summed E-state index contributed by atoms with van der Waals surface area (Å²) in [6.07, 6.45) is 11.8. The molecule has 1 aromatic rings. The van der Waals surface area contributed by atoms with Crippen LogP contribution in [0.3, 0.4) is 0 Å². The van der Waals surface area contributed by atoms with Crippen LogP contribution in [-0.2, 0) is 6.54 Å². The van der Waals surface area contributed by atoms with Crippen LogP contribution < -0.4 is 4.57 Å². The lowest BCUT2D eigenvalue weighted by Gasteiger charge is -1.94. The summed E-state index contributed by atoms with van der Waals surface area (Å²) in [6.45, 7) is 7.03. The average molecular weight is 252 g/mol. The Labute approximate surface area is 98.7 Å². The molecule has 0 aliphatic rings. The molecule has 0 radical (unpaired) electrons. The lowest BCUT2D eigenvalue weighted by Crippen LogP contribution is -2.21. The van der Waals surface area contributed by atoms with Crippen LogP contribution in [0, 0.1) is 0 Å². The second kappa shape index (κ2) is 7.92. The minimum absolute atomic E-state index is 1.12. The van der Waals surface area contributed by atoms with Gasteiger partial charge in [-0.25, -0.2) is 9.13 Å². The molecule has 0 unspecified atom stereocenters. The molecule has 98 valence electrons. The Kier molecular flexibility index (Phi) is 7.33. The van der Waals surface area contributed by atoms with Crippen molar-refractivity contribution >= 4 is 13.5 Å². The molecule has 0 aliphatic heterocycles. The van der Waals surface area contributed by atoms with Gasteiger partial charge in [0.2, 0.25) is 6.33 Å². The minimum Gasteiger partial charge on any atom is -0.418 e. The SMILES string of the molecule is C=C[n+]1ccn(CCCCC)c1.F[B-](F)(F)F. The molecule has 7 heteroatoms. The Morgan fingerprint density at radius 1 is 1.29 bits per heavy atom. The van der Waals surface area contributed by atoms with Gasteiger partial charge >= 0.3 is 7.25 Å². The molecule has 0 fully saturated rings. The fraction of sp³-hybridized carbons (Fsp3) is 0.500. The minimum atomic E-state index is -6.00. The molecular formula is C10H17BF4N2. The van der Waals surface area contributed by atoms with E-state index < -0.39 is 7.25 Å². The highest BCUT2D eigenvalue weighted by Gasteiger charge is 2.20. The molecule has 0 spiro atoms. The number of hydrogen-bond acceptors (Lipinski definition) is 0. The van der Waals surface area contributed by atoms with Crippen molar-refractivity contribution in [2.45, 2.75) is 32.7 Å². The molecule has 0 saturated heterocycles. The van der Waals surface area contributed by atoms with E-state index in [9.17, 15) is 17.3 Å². The maximum Gasteiger partial charge on any atom is 0.673 e. The molecule has 0 saturated carbocycles. The number of imidazole rings is 1. The van der Waals surface area contributed by atoms with E-state index in [-0.39, 0.29) is 0 Å². The van der Waals surface area contributed by atoms with Gasteiger partial charge in [-0.2, -0.15) is 0 Å². The molecule has 0 aliphatic carbocycles. The molecule has 0 amide bonds. The third-order valence-electron chi connectivity index (χ3n) is 1.94. The van der Waals surface area contributed by atoms with E-state index in [0.29, 0.717) is 0 Å². The summed E-state index contributed by atoms with van der Waals surface area (Å²) in [6, 6.07) is 0. The first-order valence-corrected chi connectivity index (χ1v) is 5.43. The number of aryl methyl sites for hydroxylation is 1. The highest BCUT2D eigenvalue weighted by molar-refractivity contribution is 6.50. The smallest absolute Gasteiger partial charge is 0.418 e.